The molecule has 1 saturated carbocycles. The lowest BCUT2D eigenvalue weighted by molar-refractivity contribution is -0.149. The molecule has 1 aromatic carbocycles. The van der Waals surface area contributed by atoms with Crippen LogP contribution in [0.15, 0.2) is 41.7 Å². The fraction of sp³-hybridized carbons (Fsp3) is 0.519. The monoisotopic (exact) mass is 588 g/mol. The third-order valence-electron chi connectivity index (χ3n) is 6.82. The number of benzene rings is 1. The number of hydrogen-bond donors (Lipinski definition) is 4. The lowest BCUT2D eigenvalue weighted by Gasteiger charge is -2.30. The van der Waals surface area contributed by atoms with Crippen LogP contribution >= 0.6 is 7.75 Å². The SMILES string of the molecule is C#C[C@]1(CO[P@](=O)(N[C@H](C)C(=O)OC(C)C)Oc2ccccc2)C[C@@H](n2cnc3c2NC(N)=NC3OCC)C[C@@H]1O. The molecule has 1 aromatic heterocycles. The number of aliphatic hydroxyl groups is 1. The number of anilines is 1. The molecule has 0 amide bonds. The van der Waals surface area contributed by atoms with Crippen LogP contribution in [0.4, 0.5) is 5.82 Å². The van der Waals surface area contributed by atoms with Crippen LogP contribution in [0, 0.1) is 17.8 Å². The zero-order chi connectivity index (χ0) is 29.8. The van der Waals surface area contributed by atoms with E-state index in [0.717, 1.165) is 0 Å². The first-order valence-electron chi connectivity index (χ1n) is 13.4. The number of guanidine groups is 1. The molecule has 1 unspecified atom stereocenters. The van der Waals surface area contributed by atoms with Gasteiger partial charge in [-0.2, -0.15) is 5.09 Å². The largest absolute Gasteiger partial charge is 0.462 e. The van der Waals surface area contributed by atoms with Crippen LogP contribution in [-0.2, 0) is 23.4 Å². The first-order chi connectivity index (χ1) is 19.5. The Hall–Kier alpha value is -3.40. The minimum absolute atomic E-state index is 0.179. The first kappa shape index (κ1) is 30.6. The van der Waals surface area contributed by atoms with E-state index < -0.39 is 37.5 Å². The van der Waals surface area contributed by atoms with E-state index in [1.807, 2.05) is 11.5 Å². The summed E-state index contributed by atoms with van der Waals surface area (Å²) in [4.78, 5) is 21.2. The molecular weight excluding hydrogens is 551 g/mol. The Morgan fingerprint density at radius 1 is 1.37 bits per heavy atom. The molecular formula is C27H37N6O7P. The molecule has 222 valence electrons. The van der Waals surface area contributed by atoms with Crippen molar-refractivity contribution in [1.29, 1.82) is 0 Å². The summed E-state index contributed by atoms with van der Waals surface area (Å²) in [5.41, 5.74) is 5.32. The zero-order valence-corrected chi connectivity index (χ0v) is 24.4. The highest BCUT2D eigenvalue weighted by molar-refractivity contribution is 7.52. The van der Waals surface area contributed by atoms with E-state index >= 15 is 0 Å². The number of imidazole rings is 1. The quantitative estimate of drug-likeness (QED) is 0.163. The van der Waals surface area contributed by atoms with Crippen molar-refractivity contribution >= 4 is 25.5 Å². The Labute approximate surface area is 239 Å². The Morgan fingerprint density at radius 2 is 2.10 bits per heavy atom. The maximum Gasteiger partial charge on any atom is 0.459 e. The lowest BCUT2D eigenvalue weighted by atomic mass is 9.86. The van der Waals surface area contributed by atoms with E-state index in [9.17, 15) is 14.5 Å². The number of terminal acetylenes is 1. The van der Waals surface area contributed by atoms with Crippen LogP contribution in [0.5, 0.6) is 5.75 Å². The number of carbonyl (C=O) groups excluding carboxylic acids is 1. The number of nitrogens with two attached hydrogens (primary N) is 1. The van der Waals surface area contributed by atoms with E-state index in [1.165, 1.54) is 6.92 Å². The van der Waals surface area contributed by atoms with Gasteiger partial charge in [0, 0.05) is 12.6 Å². The molecule has 14 heteroatoms. The van der Waals surface area contributed by atoms with Gasteiger partial charge in [0.25, 0.3) is 0 Å². The van der Waals surface area contributed by atoms with Gasteiger partial charge in [-0.15, -0.1) is 6.42 Å². The van der Waals surface area contributed by atoms with Crippen LogP contribution in [0.25, 0.3) is 0 Å². The number of aliphatic hydroxyl groups excluding tert-OH is 1. The number of rotatable bonds is 12. The predicted molar refractivity (Wildman–Crippen MR) is 152 cm³/mol. The maximum atomic E-state index is 14.0. The Kier molecular flexibility index (Phi) is 9.41. The van der Waals surface area contributed by atoms with Gasteiger partial charge in [0.05, 0.1) is 30.6 Å². The van der Waals surface area contributed by atoms with Crippen LogP contribution in [0.3, 0.4) is 0 Å². The molecule has 6 atom stereocenters. The summed E-state index contributed by atoms with van der Waals surface area (Å²) in [5, 5.41) is 16.9. The summed E-state index contributed by atoms with van der Waals surface area (Å²) >= 11 is 0. The highest BCUT2D eigenvalue weighted by atomic mass is 31.2. The molecule has 2 aliphatic rings. The zero-order valence-electron chi connectivity index (χ0n) is 23.5. The number of aromatic nitrogens is 2. The first-order valence-corrected chi connectivity index (χ1v) is 15.0. The maximum absolute atomic E-state index is 14.0. The van der Waals surface area contributed by atoms with Crippen molar-refractivity contribution in [2.45, 2.75) is 71.1 Å². The molecule has 1 fully saturated rings. The van der Waals surface area contributed by atoms with Gasteiger partial charge >= 0.3 is 13.7 Å². The molecule has 1 aliphatic heterocycles. The van der Waals surface area contributed by atoms with Crippen molar-refractivity contribution in [3.05, 3.63) is 42.4 Å². The second-order valence-electron chi connectivity index (χ2n) is 10.3. The molecule has 0 bridgehead atoms. The Bertz CT molecular complexity index is 1340. The van der Waals surface area contributed by atoms with Crippen molar-refractivity contribution in [1.82, 2.24) is 14.6 Å². The van der Waals surface area contributed by atoms with Gasteiger partial charge in [-0.1, -0.05) is 24.1 Å². The summed E-state index contributed by atoms with van der Waals surface area (Å²) in [6.07, 6.45) is 6.09. The van der Waals surface area contributed by atoms with Gasteiger partial charge < -0.3 is 34.7 Å². The van der Waals surface area contributed by atoms with E-state index in [0.29, 0.717) is 18.1 Å². The van der Waals surface area contributed by atoms with Crippen molar-refractivity contribution in [3.63, 3.8) is 0 Å². The highest BCUT2D eigenvalue weighted by Gasteiger charge is 2.49. The van der Waals surface area contributed by atoms with Crippen LogP contribution in [-0.4, -0.2) is 58.1 Å². The number of carbonyl (C=O) groups is 1. The number of aliphatic imine (C=N–C) groups is 1. The van der Waals surface area contributed by atoms with Crippen molar-refractivity contribution < 1.29 is 33.0 Å². The van der Waals surface area contributed by atoms with E-state index in [-0.39, 0.29) is 43.3 Å². The van der Waals surface area contributed by atoms with Gasteiger partial charge in [-0.3, -0.25) is 9.32 Å². The van der Waals surface area contributed by atoms with Crippen molar-refractivity contribution in [2.24, 2.45) is 16.1 Å². The third kappa shape index (κ3) is 6.92. The van der Waals surface area contributed by atoms with E-state index in [4.69, 9.17) is 30.7 Å². The summed E-state index contributed by atoms with van der Waals surface area (Å²) in [5.74, 6) is 3.08. The average molecular weight is 589 g/mol. The summed E-state index contributed by atoms with van der Waals surface area (Å²) < 4.78 is 38.3. The van der Waals surface area contributed by atoms with Crippen molar-refractivity contribution in [2.75, 3.05) is 18.5 Å². The van der Waals surface area contributed by atoms with Gasteiger partial charge in [-0.25, -0.2) is 14.5 Å². The van der Waals surface area contributed by atoms with Gasteiger partial charge in [0.15, 0.2) is 12.2 Å². The molecule has 13 nitrogen and oxygen atoms in total. The number of hydrogen-bond acceptors (Lipinski definition) is 11. The lowest BCUT2D eigenvalue weighted by Crippen LogP contribution is -2.38. The Morgan fingerprint density at radius 3 is 2.76 bits per heavy atom. The van der Waals surface area contributed by atoms with Gasteiger partial charge in [-0.05, 0) is 52.7 Å². The minimum Gasteiger partial charge on any atom is -0.462 e. The van der Waals surface area contributed by atoms with Crippen LogP contribution in [0.1, 0.15) is 58.5 Å². The predicted octanol–water partition coefficient (Wildman–Crippen LogP) is 3.11. The molecule has 0 radical (unpaired) electrons. The molecule has 2 heterocycles. The summed E-state index contributed by atoms with van der Waals surface area (Å²) in [6.45, 7) is 6.86. The molecule has 41 heavy (non-hydrogen) atoms. The summed E-state index contributed by atoms with van der Waals surface area (Å²) in [7, 11) is -4.19. The topological polar surface area (TPSA) is 172 Å². The summed E-state index contributed by atoms with van der Waals surface area (Å²) in [6, 6.07) is 7.07. The van der Waals surface area contributed by atoms with E-state index in [2.05, 4.69) is 26.3 Å². The standard InChI is InChI=1S/C27H37N6O7P/c1-6-27(14-19(13-21(27)34)33-16-29-22-23(33)30-26(28)31-24(22)37-7-2)15-38-41(36,40-20-11-9-8-10-12-20)32-18(5)25(35)39-17(3)4/h1,8-12,16-19,21,24,34H,7,13-15H2,2-5H3,(H,32,36)(H3,28,30,31)/t18-,19+,21+,24?,27-,41-/m1/s1. The molecule has 4 rings (SSSR count). The van der Waals surface area contributed by atoms with Gasteiger partial charge in [0.1, 0.15) is 23.3 Å². The third-order valence-corrected chi connectivity index (χ3v) is 8.44. The molecule has 0 spiro atoms. The average Bonchev–Trinajstić information content (AvgIpc) is 3.49. The number of esters is 1. The number of para-hydroxylation sites is 1. The molecule has 0 saturated heterocycles. The second-order valence-corrected chi connectivity index (χ2v) is 11.9. The van der Waals surface area contributed by atoms with Crippen LogP contribution in [0.2, 0.25) is 0 Å². The van der Waals surface area contributed by atoms with E-state index in [1.54, 1.807) is 50.5 Å². The smallest absolute Gasteiger partial charge is 0.459 e. The number of ether oxygens (including phenoxy) is 2. The normalized spacial score (nSPS) is 25.8. The van der Waals surface area contributed by atoms with Crippen molar-refractivity contribution in [3.8, 4) is 18.1 Å². The molecule has 1 aliphatic carbocycles. The molecule has 2 aromatic rings. The second kappa shape index (κ2) is 12.6. The highest BCUT2D eigenvalue weighted by Crippen LogP contribution is 2.51. The van der Waals surface area contributed by atoms with Gasteiger partial charge in [0.2, 0.25) is 0 Å². The number of nitrogens with zero attached hydrogens (tertiary/aromatic N) is 3. The number of fused-ring (bicyclic) bond motifs is 1. The minimum atomic E-state index is -4.19. The fourth-order valence-electron chi connectivity index (χ4n) is 4.80. The fourth-order valence-corrected chi connectivity index (χ4v) is 6.36. The van der Waals surface area contributed by atoms with Crippen LogP contribution < -0.4 is 20.7 Å². The number of nitrogens with one attached hydrogen (secondary N) is 2. The molecule has 5 N–H and O–H groups in total. The Balaban J connectivity index is 1.54.